The Morgan fingerprint density at radius 1 is 1.40 bits per heavy atom. The number of hydrogen-bond acceptors (Lipinski definition) is 2. The van der Waals surface area contributed by atoms with E-state index in [4.69, 9.17) is 4.74 Å². The van der Waals surface area contributed by atoms with E-state index in [1.54, 1.807) is 13.2 Å². The zero-order chi connectivity index (χ0) is 14.6. The number of benzene rings is 1. The van der Waals surface area contributed by atoms with E-state index in [0.29, 0.717) is 16.7 Å². The minimum atomic E-state index is -0.0472. The van der Waals surface area contributed by atoms with E-state index in [2.05, 4.69) is 28.2 Å². The highest BCUT2D eigenvalue weighted by molar-refractivity contribution is 9.10. The molecule has 110 valence electrons. The Morgan fingerprint density at radius 3 is 2.70 bits per heavy atom. The van der Waals surface area contributed by atoms with Crippen molar-refractivity contribution in [3.05, 3.63) is 28.2 Å². The average molecular weight is 340 g/mol. The molecule has 0 radical (unpaired) electrons. The molecule has 0 heterocycles. The van der Waals surface area contributed by atoms with E-state index in [-0.39, 0.29) is 5.91 Å². The number of hydrogen-bond donors (Lipinski definition) is 1. The number of ether oxygens (including phenoxy) is 1. The number of rotatable bonds is 5. The molecule has 0 spiro atoms. The zero-order valence-corrected chi connectivity index (χ0v) is 13.8. The minimum Gasteiger partial charge on any atom is -0.496 e. The first-order valence-electron chi connectivity index (χ1n) is 7.22. The maximum atomic E-state index is 12.3. The molecule has 1 aliphatic carbocycles. The number of carbonyl (C=O) groups is 1. The minimum absolute atomic E-state index is 0.0472. The van der Waals surface area contributed by atoms with Gasteiger partial charge >= 0.3 is 0 Å². The summed E-state index contributed by atoms with van der Waals surface area (Å²) in [5, 5.41) is 3.09. The Kier molecular flexibility index (Phi) is 5.08. The molecule has 2 rings (SSSR count). The Hall–Kier alpha value is -1.03. The van der Waals surface area contributed by atoms with Crippen molar-refractivity contribution < 1.29 is 9.53 Å². The van der Waals surface area contributed by atoms with Gasteiger partial charge in [-0.1, -0.05) is 35.7 Å². The Morgan fingerprint density at radius 2 is 2.10 bits per heavy atom. The van der Waals surface area contributed by atoms with Crippen molar-refractivity contribution >= 4 is 21.8 Å². The molecule has 1 N–H and O–H groups in total. The van der Waals surface area contributed by atoms with Gasteiger partial charge in [0, 0.05) is 11.0 Å². The second-order valence-electron chi connectivity index (χ2n) is 5.59. The number of nitrogens with one attached hydrogen (secondary N) is 1. The lowest BCUT2D eigenvalue weighted by Crippen LogP contribution is -2.35. The van der Waals surface area contributed by atoms with E-state index in [0.717, 1.165) is 17.4 Å². The van der Waals surface area contributed by atoms with Crippen LogP contribution in [-0.4, -0.2) is 19.6 Å². The third-order valence-electron chi connectivity index (χ3n) is 4.45. The lowest BCUT2D eigenvalue weighted by molar-refractivity contribution is 0.0925. The lowest BCUT2D eigenvalue weighted by atomic mass is 9.83. The van der Waals surface area contributed by atoms with Gasteiger partial charge in [0.1, 0.15) is 5.75 Å². The summed E-state index contributed by atoms with van der Waals surface area (Å²) in [4.78, 5) is 12.3. The first kappa shape index (κ1) is 15.4. The number of methoxy groups -OCH3 is 1. The summed E-state index contributed by atoms with van der Waals surface area (Å²) < 4.78 is 6.19. The van der Waals surface area contributed by atoms with Crippen molar-refractivity contribution in [3.8, 4) is 5.75 Å². The summed E-state index contributed by atoms with van der Waals surface area (Å²) in [5.74, 6) is 0.558. The van der Waals surface area contributed by atoms with Crippen LogP contribution in [0.1, 0.15) is 49.4 Å². The smallest absolute Gasteiger partial charge is 0.255 e. The zero-order valence-electron chi connectivity index (χ0n) is 12.2. The van der Waals surface area contributed by atoms with Crippen LogP contribution in [0.4, 0.5) is 0 Å². The van der Waals surface area contributed by atoms with Crippen LogP contribution < -0.4 is 10.1 Å². The molecule has 3 nitrogen and oxygen atoms in total. The molecule has 0 unspecified atom stereocenters. The first-order valence-corrected chi connectivity index (χ1v) is 8.01. The van der Waals surface area contributed by atoms with Gasteiger partial charge in [0.2, 0.25) is 0 Å². The van der Waals surface area contributed by atoms with Crippen molar-refractivity contribution in [2.75, 3.05) is 13.7 Å². The maximum Gasteiger partial charge on any atom is 0.255 e. The second kappa shape index (κ2) is 6.61. The average Bonchev–Trinajstić information content (AvgIpc) is 2.94. The molecule has 0 atom stereocenters. The van der Waals surface area contributed by atoms with Gasteiger partial charge in [-0.05, 0) is 42.9 Å². The van der Waals surface area contributed by atoms with Crippen molar-refractivity contribution in [1.29, 1.82) is 0 Å². The standard InChI is InChI=1S/C16H22BrNO2/c1-3-16(8-4-5-9-16)11-18-15(19)13-7-6-12(17)10-14(13)20-2/h6-7,10H,3-5,8-9,11H2,1-2H3,(H,18,19). The van der Waals surface area contributed by atoms with E-state index in [1.807, 2.05) is 12.1 Å². The summed E-state index contributed by atoms with van der Waals surface area (Å²) in [5.41, 5.74) is 0.901. The third-order valence-corrected chi connectivity index (χ3v) is 4.94. The van der Waals surface area contributed by atoms with Crippen molar-refractivity contribution in [1.82, 2.24) is 5.32 Å². The molecule has 1 aliphatic rings. The van der Waals surface area contributed by atoms with Gasteiger partial charge in [-0.15, -0.1) is 0 Å². The molecule has 1 amide bonds. The summed E-state index contributed by atoms with van der Waals surface area (Å²) in [7, 11) is 1.59. The van der Waals surface area contributed by atoms with Crippen LogP contribution in [0.2, 0.25) is 0 Å². The monoisotopic (exact) mass is 339 g/mol. The van der Waals surface area contributed by atoms with Crippen LogP contribution in [0.15, 0.2) is 22.7 Å². The normalized spacial score (nSPS) is 16.9. The molecule has 1 aromatic rings. The highest BCUT2D eigenvalue weighted by Gasteiger charge is 2.32. The van der Waals surface area contributed by atoms with Gasteiger partial charge < -0.3 is 10.1 Å². The Balaban J connectivity index is 2.05. The molecule has 1 aromatic carbocycles. The predicted molar refractivity (Wildman–Crippen MR) is 84.2 cm³/mol. The van der Waals surface area contributed by atoms with Crippen LogP contribution in [0.25, 0.3) is 0 Å². The Bertz CT molecular complexity index is 481. The van der Waals surface area contributed by atoms with Gasteiger partial charge in [0.05, 0.1) is 12.7 Å². The SMILES string of the molecule is CCC1(CNC(=O)c2ccc(Br)cc2OC)CCCC1. The quantitative estimate of drug-likeness (QED) is 0.874. The number of halogens is 1. The molecule has 0 saturated heterocycles. The van der Waals surface area contributed by atoms with Crippen molar-refractivity contribution in [2.24, 2.45) is 5.41 Å². The van der Waals surface area contributed by atoms with E-state index >= 15 is 0 Å². The number of carbonyl (C=O) groups excluding carboxylic acids is 1. The summed E-state index contributed by atoms with van der Waals surface area (Å²) in [6.07, 6.45) is 6.14. The molecule has 1 fully saturated rings. The molecule has 0 aromatic heterocycles. The largest absolute Gasteiger partial charge is 0.496 e. The van der Waals surface area contributed by atoms with Gasteiger partial charge in [0.15, 0.2) is 0 Å². The van der Waals surface area contributed by atoms with Crippen LogP contribution >= 0.6 is 15.9 Å². The van der Waals surface area contributed by atoms with Crippen molar-refractivity contribution in [2.45, 2.75) is 39.0 Å². The van der Waals surface area contributed by atoms with Gasteiger partial charge in [-0.25, -0.2) is 0 Å². The molecule has 1 saturated carbocycles. The molecule has 0 aliphatic heterocycles. The fourth-order valence-electron chi connectivity index (χ4n) is 3.00. The molecule has 0 bridgehead atoms. The first-order chi connectivity index (χ1) is 9.60. The van der Waals surface area contributed by atoms with Crippen LogP contribution in [0, 0.1) is 5.41 Å². The van der Waals surface area contributed by atoms with Crippen molar-refractivity contribution in [3.63, 3.8) is 0 Å². The van der Waals surface area contributed by atoms with Crippen LogP contribution in [0.3, 0.4) is 0 Å². The summed E-state index contributed by atoms with van der Waals surface area (Å²) in [6.45, 7) is 2.99. The van der Waals surface area contributed by atoms with Gasteiger partial charge in [0.25, 0.3) is 5.91 Å². The van der Waals surface area contributed by atoms with Gasteiger partial charge in [-0.3, -0.25) is 4.79 Å². The molecule has 20 heavy (non-hydrogen) atoms. The number of amides is 1. The maximum absolute atomic E-state index is 12.3. The van der Waals surface area contributed by atoms with Gasteiger partial charge in [-0.2, -0.15) is 0 Å². The highest BCUT2D eigenvalue weighted by atomic mass is 79.9. The Labute approximate surface area is 129 Å². The molecular formula is C16H22BrNO2. The summed E-state index contributed by atoms with van der Waals surface area (Å²) in [6, 6.07) is 5.48. The molecule has 4 heteroatoms. The molecular weight excluding hydrogens is 318 g/mol. The fraction of sp³-hybridized carbons (Fsp3) is 0.562. The fourth-order valence-corrected chi connectivity index (χ4v) is 3.34. The topological polar surface area (TPSA) is 38.3 Å². The lowest BCUT2D eigenvalue weighted by Gasteiger charge is -2.27. The van der Waals surface area contributed by atoms with E-state index < -0.39 is 0 Å². The third kappa shape index (κ3) is 3.35. The summed E-state index contributed by atoms with van der Waals surface area (Å²) >= 11 is 3.39. The van der Waals surface area contributed by atoms with Crippen LogP contribution in [-0.2, 0) is 0 Å². The second-order valence-corrected chi connectivity index (χ2v) is 6.50. The van der Waals surface area contributed by atoms with Crippen LogP contribution in [0.5, 0.6) is 5.75 Å². The predicted octanol–water partition coefficient (Wildman–Crippen LogP) is 4.16. The van der Waals surface area contributed by atoms with E-state index in [1.165, 1.54) is 25.7 Å². The highest BCUT2D eigenvalue weighted by Crippen LogP contribution is 2.40. The van der Waals surface area contributed by atoms with E-state index in [9.17, 15) is 4.79 Å².